The summed E-state index contributed by atoms with van der Waals surface area (Å²) in [6.45, 7) is 2.71. The van der Waals surface area contributed by atoms with Crippen LogP contribution < -0.4 is 5.73 Å². The van der Waals surface area contributed by atoms with Crippen molar-refractivity contribution in [2.75, 3.05) is 33.0 Å². The minimum absolute atomic E-state index is 0.0192. The summed E-state index contributed by atoms with van der Waals surface area (Å²) >= 11 is 7.02. The van der Waals surface area contributed by atoms with Crippen LogP contribution in [0.5, 0.6) is 0 Å². The molecule has 0 amide bonds. The molecule has 0 saturated heterocycles. The molecule has 2 N–H and O–H groups in total. The van der Waals surface area contributed by atoms with E-state index in [1.165, 1.54) is 12.1 Å². The molecule has 0 aliphatic carbocycles. The van der Waals surface area contributed by atoms with E-state index >= 15 is 0 Å². The van der Waals surface area contributed by atoms with E-state index in [0.717, 1.165) is 43.5 Å². The number of benzene rings is 4. The molecule has 250 valence electrons. The summed E-state index contributed by atoms with van der Waals surface area (Å²) in [6, 6.07) is 28.1. The van der Waals surface area contributed by atoms with Gasteiger partial charge >= 0.3 is 6.18 Å². The van der Waals surface area contributed by atoms with Gasteiger partial charge in [0, 0.05) is 57.3 Å². The Kier molecular flexibility index (Phi) is 12.4. The van der Waals surface area contributed by atoms with E-state index in [-0.39, 0.29) is 5.78 Å². The molecule has 0 aliphatic rings. The molecule has 0 fully saturated rings. The fourth-order valence-corrected chi connectivity index (χ4v) is 5.74. The molecule has 6 nitrogen and oxygen atoms in total. The average Bonchev–Trinajstić information content (AvgIpc) is 3.45. The van der Waals surface area contributed by atoms with Gasteiger partial charge < -0.3 is 19.8 Å². The van der Waals surface area contributed by atoms with Crippen molar-refractivity contribution >= 4 is 37.6 Å². The van der Waals surface area contributed by atoms with E-state index in [9.17, 15) is 18.0 Å². The van der Waals surface area contributed by atoms with E-state index < -0.39 is 11.7 Å². The fourth-order valence-electron chi connectivity index (χ4n) is 5.21. The molecule has 0 unspecified atom stereocenters. The lowest BCUT2D eigenvalue weighted by molar-refractivity contribution is -0.137. The number of carbonyl (C=O) groups excluding carboxylic acids is 1. The molecule has 0 bridgehead atoms. The van der Waals surface area contributed by atoms with Crippen LogP contribution in [0.4, 0.5) is 13.2 Å². The van der Waals surface area contributed by atoms with Crippen molar-refractivity contribution in [3.63, 3.8) is 0 Å². The first-order valence-electron chi connectivity index (χ1n) is 15.4. The summed E-state index contributed by atoms with van der Waals surface area (Å²) in [7, 11) is 0. The summed E-state index contributed by atoms with van der Waals surface area (Å²) in [5.41, 5.74) is 9.97. The third-order valence-electron chi connectivity index (χ3n) is 7.62. The van der Waals surface area contributed by atoms with Gasteiger partial charge in [-0.1, -0.05) is 92.5 Å². The molecule has 1 heterocycles. The van der Waals surface area contributed by atoms with Crippen molar-refractivity contribution in [1.29, 1.82) is 0 Å². The van der Waals surface area contributed by atoms with E-state index in [4.69, 9.17) is 20.2 Å². The number of carbonyl (C=O) groups is 1. The highest BCUT2D eigenvalue weighted by atomic mass is 79.9. The number of Topliss-reactive ketones (excluding diaryl/α,β-unsaturated/α-hetero) is 1. The second kappa shape index (κ2) is 16.7. The van der Waals surface area contributed by atoms with E-state index in [1.807, 2.05) is 77.4 Å². The molecule has 0 saturated carbocycles. The zero-order valence-corrected chi connectivity index (χ0v) is 29.2. The SMILES string of the molecule is NCCOCCOCCCC(=O)c1ccc(Cn2c(-c3ccc(C(F)(F)F)cc3)nc(-c3ccc(Br)cc3)c2-c2ccc(Br)cc2)cc1. The molecule has 5 aromatic rings. The summed E-state index contributed by atoms with van der Waals surface area (Å²) < 4.78 is 55.0. The van der Waals surface area contributed by atoms with E-state index in [1.54, 1.807) is 0 Å². The van der Waals surface area contributed by atoms with Crippen LogP contribution >= 0.6 is 31.9 Å². The van der Waals surface area contributed by atoms with Crippen LogP contribution in [0.25, 0.3) is 33.9 Å². The standard InChI is InChI=1S/C37H34Br2F3N3O3/c38-31-15-9-27(10-16-31)34-35(28-11-17-32(39)18-12-28)45(36(44-34)29-7-13-30(14-8-29)37(40,41)42)24-25-3-5-26(6-4-25)33(46)2-1-20-47-22-23-48-21-19-43/h3-18H,1-2,19-24,43H2. The van der Waals surface area contributed by atoms with Crippen molar-refractivity contribution in [2.24, 2.45) is 5.73 Å². The lowest BCUT2D eigenvalue weighted by Gasteiger charge is -2.15. The van der Waals surface area contributed by atoms with Crippen LogP contribution in [-0.2, 0) is 22.2 Å². The molecule has 0 aliphatic heterocycles. The van der Waals surface area contributed by atoms with Crippen molar-refractivity contribution < 1.29 is 27.4 Å². The van der Waals surface area contributed by atoms with E-state index in [2.05, 4.69) is 31.9 Å². The quantitative estimate of drug-likeness (QED) is 0.0846. The Balaban J connectivity index is 1.46. The van der Waals surface area contributed by atoms with Crippen LogP contribution in [0.2, 0.25) is 0 Å². The van der Waals surface area contributed by atoms with Gasteiger partial charge in [0.05, 0.1) is 36.8 Å². The number of hydrogen-bond donors (Lipinski definition) is 1. The number of ketones is 1. The summed E-state index contributed by atoms with van der Waals surface area (Å²) in [5.74, 6) is 0.541. The summed E-state index contributed by atoms with van der Waals surface area (Å²) in [6.07, 6.45) is -3.50. The summed E-state index contributed by atoms with van der Waals surface area (Å²) in [4.78, 5) is 17.9. The molecular formula is C37H34Br2F3N3O3. The molecule has 0 spiro atoms. The number of nitrogens with two attached hydrogens (primary N) is 1. The molecule has 48 heavy (non-hydrogen) atoms. The Hall–Kier alpha value is -3.61. The van der Waals surface area contributed by atoms with Gasteiger partial charge in [0.1, 0.15) is 5.82 Å². The second-order valence-corrected chi connectivity index (χ2v) is 12.9. The highest BCUT2D eigenvalue weighted by Gasteiger charge is 2.30. The zero-order chi connectivity index (χ0) is 34.1. The number of alkyl halides is 3. The second-order valence-electron chi connectivity index (χ2n) is 11.0. The number of halogens is 5. The van der Waals surface area contributed by atoms with Crippen LogP contribution in [0, 0.1) is 0 Å². The lowest BCUT2D eigenvalue weighted by atomic mass is 10.0. The topological polar surface area (TPSA) is 79.4 Å². The smallest absolute Gasteiger partial charge is 0.379 e. The van der Waals surface area contributed by atoms with Gasteiger partial charge in [0.2, 0.25) is 0 Å². The molecular weight excluding hydrogens is 751 g/mol. The molecule has 1 aromatic heterocycles. The highest BCUT2D eigenvalue weighted by Crippen LogP contribution is 2.39. The molecule has 11 heteroatoms. The minimum Gasteiger partial charge on any atom is -0.379 e. The van der Waals surface area contributed by atoms with Crippen molar-refractivity contribution in [3.05, 3.63) is 123 Å². The van der Waals surface area contributed by atoms with Gasteiger partial charge in [-0.25, -0.2) is 4.98 Å². The van der Waals surface area contributed by atoms with E-state index in [0.29, 0.717) is 75.0 Å². The molecule has 0 radical (unpaired) electrons. The Labute approximate surface area is 294 Å². The highest BCUT2D eigenvalue weighted by molar-refractivity contribution is 9.10. The van der Waals surface area contributed by atoms with Gasteiger partial charge in [0.25, 0.3) is 0 Å². The van der Waals surface area contributed by atoms with Crippen molar-refractivity contribution in [1.82, 2.24) is 9.55 Å². The molecule has 4 aromatic carbocycles. The number of aromatic nitrogens is 2. The fraction of sp³-hybridized carbons (Fsp3) is 0.243. The monoisotopic (exact) mass is 783 g/mol. The number of nitrogens with zero attached hydrogens (tertiary/aromatic N) is 2. The minimum atomic E-state index is -4.45. The number of rotatable bonds is 15. The Bertz CT molecular complexity index is 1790. The maximum atomic E-state index is 13.4. The summed E-state index contributed by atoms with van der Waals surface area (Å²) in [5, 5.41) is 0. The zero-order valence-electron chi connectivity index (χ0n) is 26.0. The number of ether oxygens (including phenoxy) is 2. The maximum Gasteiger partial charge on any atom is 0.416 e. The third kappa shape index (κ3) is 9.29. The maximum absolute atomic E-state index is 13.4. The molecule has 5 rings (SSSR count). The van der Waals surface area contributed by atoms with Gasteiger partial charge in [-0.05, 0) is 48.4 Å². The van der Waals surface area contributed by atoms with Crippen LogP contribution in [0.3, 0.4) is 0 Å². The normalized spacial score (nSPS) is 11.6. The van der Waals surface area contributed by atoms with Crippen LogP contribution in [0.15, 0.2) is 106 Å². The number of hydrogen-bond acceptors (Lipinski definition) is 5. The first-order valence-corrected chi connectivity index (χ1v) is 17.0. The Morgan fingerprint density at radius 3 is 1.88 bits per heavy atom. The third-order valence-corrected chi connectivity index (χ3v) is 8.67. The first-order chi connectivity index (χ1) is 23.1. The largest absolute Gasteiger partial charge is 0.416 e. The predicted octanol–water partition coefficient (Wildman–Crippen LogP) is 9.43. The lowest BCUT2D eigenvalue weighted by Crippen LogP contribution is -2.12. The average molecular weight is 785 g/mol. The van der Waals surface area contributed by atoms with Gasteiger partial charge in [0.15, 0.2) is 5.78 Å². The van der Waals surface area contributed by atoms with Crippen LogP contribution in [0.1, 0.15) is 34.3 Å². The van der Waals surface area contributed by atoms with Crippen molar-refractivity contribution in [2.45, 2.75) is 25.6 Å². The van der Waals surface area contributed by atoms with Gasteiger partial charge in [-0.2, -0.15) is 13.2 Å². The predicted molar refractivity (Wildman–Crippen MR) is 189 cm³/mol. The Morgan fingerprint density at radius 2 is 1.29 bits per heavy atom. The van der Waals surface area contributed by atoms with Crippen LogP contribution in [-0.4, -0.2) is 48.3 Å². The molecule has 0 atom stereocenters. The first kappa shape index (κ1) is 35.7. The van der Waals surface area contributed by atoms with Gasteiger partial charge in [-0.3, -0.25) is 4.79 Å². The van der Waals surface area contributed by atoms with Crippen molar-refractivity contribution in [3.8, 4) is 33.9 Å². The Morgan fingerprint density at radius 1 is 0.729 bits per heavy atom. The van der Waals surface area contributed by atoms with Gasteiger partial charge in [-0.15, -0.1) is 0 Å². The number of imidazole rings is 1.